The fourth-order valence-electron chi connectivity index (χ4n) is 0.270. The summed E-state index contributed by atoms with van der Waals surface area (Å²) in [7, 11) is 3.53. The predicted octanol–water partition coefficient (Wildman–Crippen LogP) is 1.47. The second-order valence-electron chi connectivity index (χ2n) is 1.16. The van der Waals surface area contributed by atoms with Crippen molar-refractivity contribution in [3.8, 4) is 0 Å². The van der Waals surface area contributed by atoms with E-state index < -0.39 is 0 Å². The van der Waals surface area contributed by atoms with Gasteiger partial charge in [-0.2, -0.15) is 0 Å². The Morgan fingerprint density at radius 3 is 1.88 bits per heavy atom. The average Bonchev–Trinajstić information content (AvgIpc) is 1.64. The molecule has 5 heteroatoms. The summed E-state index contributed by atoms with van der Waals surface area (Å²) in [4.78, 5) is 20.8. The molecule has 0 aromatic heterocycles. The molecule has 0 aromatic rings. The molecule has 0 spiro atoms. The van der Waals surface area contributed by atoms with Crippen LogP contribution in [0.15, 0.2) is 0 Å². The van der Waals surface area contributed by atoms with Gasteiger partial charge in [0.25, 0.3) is 0 Å². The van der Waals surface area contributed by atoms with Crippen molar-refractivity contribution in [2.75, 3.05) is 0 Å². The lowest BCUT2D eigenvalue weighted by Crippen LogP contribution is -2.00. The van der Waals surface area contributed by atoms with E-state index in [0.29, 0.717) is 0 Å². The van der Waals surface area contributed by atoms with Gasteiger partial charge in [0.1, 0.15) is 0 Å². The molecule has 8 heavy (non-hydrogen) atoms. The standard InChI is InChI=1S/C3H2O2S3/c4-2-1-3(5)7-8-6-2/h1H2. The van der Waals surface area contributed by atoms with Crippen LogP contribution in [0, 0.1) is 0 Å². The van der Waals surface area contributed by atoms with Gasteiger partial charge in [-0.15, -0.1) is 0 Å². The van der Waals surface area contributed by atoms with Gasteiger partial charge in [0.2, 0.25) is 10.2 Å². The molecule has 1 fully saturated rings. The van der Waals surface area contributed by atoms with Crippen LogP contribution in [0.3, 0.4) is 0 Å². The van der Waals surface area contributed by atoms with Crippen LogP contribution in [0.5, 0.6) is 0 Å². The van der Waals surface area contributed by atoms with E-state index in [-0.39, 0.29) is 16.7 Å². The van der Waals surface area contributed by atoms with E-state index in [0.717, 1.165) is 21.6 Å². The maximum Gasteiger partial charge on any atom is 0.208 e. The first-order valence-corrected chi connectivity index (χ1v) is 5.34. The maximum atomic E-state index is 10.4. The van der Waals surface area contributed by atoms with E-state index in [9.17, 15) is 9.59 Å². The van der Waals surface area contributed by atoms with Crippen molar-refractivity contribution in [3.63, 3.8) is 0 Å². The second kappa shape index (κ2) is 2.80. The first-order valence-electron chi connectivity index (χ1n) is 1.86. The average molecular weight is 166 g/mol. The minimum atomic E-state index is -0.0289. The van der Waals surface area contributed by atoms with Crippen LogP contribution >= 0.6 is 31.4 Å². The molecule has 1 heterocycles. The minimum Gasteiger partial charge on any atom is -0.286 e. The number of carbonyl (C=O) groups excluding carboxylic acids is 2. The molecule has 0 unspecified atom stereocenters. The summed E-state index contributed by atoms with van der Waals surface area (Å²) in [6, 6.07) is 0. The first-order chi connectivity index (χ1) is 3.79. The van der Waals surface area contributed by atoms with Crippen molar-refractivity contribution in [3.05, 3.63) is 0 Å². The normalized spacial score (nSPS) is 21.5. The molecule has 1 aliphatic heterocycles. The van der Waals surface area contributed by atoms with Crippen LogP contribution in [-0.2, 0) is 9.59 Å². The summed E-state index contributed by atoms with van der Waals surface area (Å²) >= 11 is 0. The van der Waals surface area contributed by atoms with Gasteiger partial charge in [-0.05, 0) is 31.4 Å². The van der Waals surface area contributed by atoms with Gasteiger partial charge >= 0.3 is 0 Å². The molecule has 0 N–H and O–H groups in total. The molecule has 0 saturated carbocycles. The minimum absolute atomic E-state index is 0.0289. The molecular formula is C3H2O2S3. The topological polar surface area (TPSA) is 34.1 Å². The highest BCUT2D eigenvalue weighted by molar-refractivity contribution is 9.15. The van der Waals surface area contributed by atoms with Gasteiger partial charge in [0.05, 0.1) is 6.42 Å². The largest absolute Gasteiger partial charge is 0.286 e. The van der Waals surface area contributed by atoms with Gasteiger partial charge < -0.3 is 0 Å². The summed E-state index contributed by atoms with van der Waals surface area (Å²) in [6.45, 7) is 0. The fourth-order valence-corrected chi connectivity index (χ4v) is 3.51. The number of carbonyl (C=O) groups is 2. The Hall–Kier alpha value is 0.390. The fraction of sp³-hybridized carbons (Fsp3) is 0.333. The van der Waals surface area contributed by atoms with Crippen molar-refractivity contribution in [1.82, 2.24) is 0 Å². The maximum absolute atomic E-state index is 10.4. The van der Waals surface area contributed by atoms with Crippen molar-refractivity contribution in [1.29, 1.82) is 0 Å². The molecule has 1 aliphatic rings. The number of hydrogen-bond acceptors (Lipinski definition) is 5. The molecule has 0 atom stereocenters. The van der Waals surface area contributed by atoms with Crippen LogP contribution in [0.1, 0.15) is 6.42 Å². The third-order valence-corrected chi connectivity index (χ3v) is 4.09. The van der Waals surface area contributed by atoms with E-state index >= 15 is 0 Å². The third kappa shape index (κ3) is 1.72. The molecule has 0 aromatic carbocycles. The van der Waals surface area contributed by atoms with E-state index in [1.807, 2.05) is 0 Å². The van der Waals surface area contributed by atoms with E-state index in [4.69, 9.17) is 0 Å². The Morgan fingerprint density at radius 1 is 1.12 bits per heavy atom. The van der Waals surface area contributed by atoms with Crippen LogP contribution in [-0.4, -0.2) is 10.2 Å². The molecule has 0 aliphatic carbocycles. The van der Waals surface area contributed by atoms with Crippen molar-refractivity contribution in [2.45, 2.75) is 6.42 Å². The Kier molecular flexibility index (Phi) is 2.27. The monoisotopic (exact) mass is 166 g/mol. The van der Waals surface area contributed by atoms with Gasteiger partial charge in [-0.1, -0.05) is 0 Å². The molecule has 0 amide bonds. The lowest BCUT2D eigenvalue weighted by molar-refractivity contribution is -0.117. The zero-order valence-corrected chi connectivity index (χ0v) is 6.20. The summed E-state index contributed by atoms with van der Waals surface area (Å²) in [5.74, 6) is 0. The van der Waals surface area contributed by atoms with Gasteiger partial charge in [-0.25, -0.2) is 0 Å². The highest BCUT2D eigenvalue weighted by atomic mass is 33.5. The van der Waals surface area contributed by atoms with Crippen LogP contribution in [0.25, 0.3) is 0 Å². The molecule has 1 rings (SSSR count). The molecule has 2 nitrogen and oxygen atoms in total. The zero-order valence-electron chi connectivity index (χ0n) is 3.75. The van der Waals surface area contributed by atoms with Gasteiger partial charge in [-0.3, -0.25) is 9.59 Å². The van der Waals surface area contributed by atoms with Crippen LogP contribution in [0.4, 0.5) is 0 Å². The summed E-state index contributed by atoms with van der Waals surface area (Å²) < 4.78 is 0. The Bertz CT molecular complexity index is 118. The SMILES string of the molecule is O=C1CC(=O)SSS1. The summed E-state index contributed by atoms with van der Waals surface area (Å²) in [5.41, 5.74) is 0. The third-order valence-electron chi connectivity index (χ3n) is 0.543. The van der Waals surface area contributed by atoms with Crippen LogP contribution in [0.2, 0.25) is 0 Å². The Labute approximate surface area is 58.0 Å². The van der Waals surface area contributed by atoms with Crippen molar-refractivity contribution < 1.29 is 9.59 Å². The summed E-state index contributed by atoms with van der Waals surface area (Å²) in [5, 5.41) is -0.0579. The molecule has 1 saturated heterocycles. The second-order valence-corrected chi connectivity index (χ2v) is 5.17. The zero-order chi connectivity index (χ0) is 5.98. The van der Waals surface area contributed by atoms with E-state index in [2.05, 4.69) is 0 Å². The lowest BCUT2D eigenvalue weighted by atomic mass is 10.5. The lowest BCUT2D eigenvalue weighted by Gasteiger charge is -2.02. The predicted molar refractivity (Wildman–Crippen MR) is 37.4 cm³/mol. The summed E-state index contributed by atoms with van der Waals surface area (Å²) in [6.07, 6.45) is 0.0995. The van der Waals surface area contributed by atoms with Crippen molar-refractivity contribution in [2.24, 2.45) is 0 Å². The van der Waals surface area contributed by atoms with Gasteiger partial charge in [0.15, 0.2) is 0 Å². The van der Waals surface area contributed by atoms with Crippen LogP contribution < -0.4 is 0 Å². The first kappa shape index (κ1) is 6.51. The Balaban J connectivity index is 2.45. The van der Waals surface area contributed by atoms with E-state index in [1.54, 1.807) is 0 Å². The number of rotatable bonds is 0. The van der Waals surface area contributed by atoms with E-state index in [1.165, 1.54) is 9.83 Å². The highest BCUT2D eigenvalue weighted by Gasteiger charge is 2.17. The Morgan fingerprint density at radius 2 is 1.62 bits per heavy atom. The molecular weight excluding hydrogens is 164 g/mol. The molecule has 44 valence electrons. The quantitative estimate of drug-likeness (QED) is 0.402. The highest BCUT2D eigenvalue weighted by Crippen LogP contribution is 2.41. The number of hydrogen-bond donors (Lipinski definition) is 0. The van der Waals surface area contributed by atoms with Gasteiger partial charge in [0, 0.05) is 0 Å². The molecule has 0 radical (unpaired) electrons. The molecule has 0 bridgehead atoms. The smallest absolute Gasteiger partial charge is 0.208 e. The van der Waals surface area contributed by atoms with Crippen molar-refractivity contribution >= 4 is 41.6 Å².